The summed E-state index contributed by atoms with van der Waals surface area (Å²) in [6.07, 6.45) is 2.09. The Kier molecular flexibility index (Phi) is 6.85. The lowest BCUT2D eigenvalue weighted by Crippen LogP contribution is -2.11. The Labute approximate surface area is 161 Å². The second kappa shape index (κ2) is 9.54. The van der Waals surface area contributed by atoms with Gasteiger partial charge >= 0.3 is 0 Å². The highest BCUT2D eigenvalue weighted by atomic mass is 32.2. The van der Waals surface area contributed by atoms with Crippen molar-refractivity contribution in [2.24, 2.45) is 0 Å². The van der Waals surface area contributed by atoms with E-state index in [4.69, 9.17) is 0 Å². The summed E-state index contributed by atoms with van der Waals surface area (Å²) in [7, 11) is 0. The third-order valence-electron chi connectivity index (χ3n) is 3.79. The highest BCUT2D eigenvalue weighted by Crippen LogP contribution is 2.31. The number of anilines is 2. The highest BCUT2D eigenvalue weighted by molar-refractivity contribution is 8.01. The molecule has 0 aliphatic heterocycles. The molecule has 3 rings (SSSR count). The number of hydrogen-bond acceptors (Lipinski definition) is 6. The molecule has 2 aromatic carbocycles. The lowest BCUT2D eigenvalue weighted by atomic mass is 10.1. The fraction of sp³-hybridized carbons (Fsp3) is 0.263. The fourth-order valence-electron chi connectivity index (χ4n) is 2.44. The average Bonchev–Trinajstić information content (AvgIpc) is 3.09. The number of aromatic nitrogens is 2. The predicted octanol–water partition coefficient (Wildman–Crippen LogP) is 5.27. The average molecular weight is 389 g/mol. The zero-order valence-corrected chi connectivity index (χ0v) is 16.1. The Bertz CT molecular complexity index is 810. The van der Waals surface area contributed by atoms with Gasteiger partial charge in [-0.15, -0.1) is 10.2 Å². The minimum Gasteiger partial charge on any atom is -0.368 e. The molecule has 0 saturated carbocycles. The van der Waals surface area contributed by atoms with Crippen molar-refractivity contribution in [1.82, 2.24) is 10.2 Å². The molecular weight excluding hydrogens is 367 g/mol. The van der Waals surface area contributed by atoms with Crippen LogP contribution < -0.4 is 10.6 Å². The van der Waals surface area contributed by atoms with E-state index in [1.807, 2.05) is 12.1 Å². The Morgan fingerprint density at radius 3 is 2.69 bits per heavy atom. The first-order chi connectivity index (χ1) is 12.7. The van der Waals surface area contributed by atoms with Gasteiger partial charge in [-0.05, 0) is 36.6 Å². The van der Waals surface area contributed by atoms with Crippen LogP contribution in [0.25, 0.3) is 0 Å². The van der Waals surface area contributed by atoms with Crippen LogP contribution in [0, 0.1) is 5.82 Å². The van der Waals surface area contributed by atoms with E-state index in [-0.39, 0.29) is 5.82 Å². The first kappa shape index (κ1) is 18.7. The standard InChI is InChI=1S/C19H21FN4S2/c1-2-17(11-14-7-4-3-5-8-14)25-19-24-23-18(26-19)22-13-21-16-10-6-9-15(20)12-16/h3-10,12,17,21H,2,11,13H2,1H3,(H,22,23). The largest absolute Gasteiger partial charge is 0.368 e. The molecule has 0 saturated heterocycles. The normalized spacial score (nSPS) is 11.9. The molecule has 0 aliphatic rings. The molecule has 0 fully saturated rings. The molecule has 1 unspecified atom stereocenters. The molecule has 2 N–H and O–H groups in total. The molecule has 4 nitrogen and oxygen atoms in total. The van der Waals surface area contributed by atoms with Crippen LogP contribution >= 0.6 is 23.1 Å². The van der Waals surface area contributed by atoms with E-state index in [0.29, 0.717) is 11.9 Å². The fourth-order valence-corrected chi connectivity index (χ4v) is 4.56. The molecule has 0 spiro atoms. The van der Waals surface area contributed by atoms with Crippen molar-refractivity contribution < 1.29 is 4.39 Å². The van der Waals surface area contributed by atoms with Crippen LogP contribution in [-0.4, -0.2) is 22.1 Å². The second-order valence-corrected chi connectivity index (χ2v) is 8.28. The molecule has 1 aromatic heterocycles. The Morgan fingerprint density at radius 2 is 1.92 bits per heavy atom. The van der Waals surface area contributed by atoms with E-state index < -0.39 is 0 Å². The SMILES string of the molecule is CCC(Cc1ccccc1)Sc1nnc(NCNc2cccc(F)c2)s1. The van der Waals surface area contributed by atoms with Gasteiger partial charge in [0.25, 0.3) is 0 Å². The minimum atomic E-state index is -0.256. The number of benzene rings is 2. The number of rotatable bonds is 9. The minimum absolute atomic E-state index is 0.256. The van der Waals surface area contributed by atoms with Crippen LogP contribution in [0.1, 0.15) is 18.9 Å². The third-order valence-corrected chi connectivity index (χ3v) is 6.12. The molecule has 0 radical (unpaired) electrons. The lowest BCUT2D eigenvalue weighted by molar-refractivity contribution is 0.628. The summed E-state index contributed by atoms with van der Waals surface area (Å²) in [6, 6.07) is 16.9. The van der Waals surface area contributed by atoms with Gasteiger partial charge in [0.1, 0.15) is 5.82 Å². The van der Waals surface area contributed by atoms with Gasteiger partial charge in [0.2, 0.25) is 5.13 Å². The highest BCUT2D eigenvalue weighted by Gasteiger charge is 2.13. The van der Waals surface area contributed by atoms with Gasteiger partial charge < -0.3 is 10.6 Å². The van der Waals surface area contributed by atoms with Crippen LogP contribution in [0.5, 0.6) is 0 Å². The Morgan fingerprint density at radius 1 is 1.08 bits per heavy atom. The second-order valence-electron chi connectivity index (χ2n) is 5.75. The van der Waals surface area contributed by atoms with Gasteiger partial charge in [-0.1, -0.05) is 66.4 Å². The predicted molar refractivity (Wildman–Crippen MR) is 109 cm³/mol. The van der Waals surface area contributed by atoms with Gasteiger partial charge in [-0.25, -0.2) is 4.39 Å². The summed E-state index contributed by atoms with van der Waals surface area (Å²) in [6.45, 7) is 2.66. The molecule has 0 aliphatic carbocycles. The number of thioether (sulfide) groups is 1. The summed E-state index contributed by atoms with van der Waals surface area (Å²) < 4.78 is 14.1. The van der Waals surface area contributed by atoms with E-state index in [2.05, 4.69) is 52.0 Å². The van der Waals surface area contributed by atoms with Crippen molar-refractivity contribution in [3.63, 3.8) is 0 Å². The molecule has 0 bridgehead atoms. The van der Waals surface area contributed by atoms with Crippen molar-refractivity contribution in [1.29, 1.82) is 0 Å². The molecular formula is C19H21FN4S2. The zero-order valence-electron chi connectivity index (χ0n) is 14.5. The van der Waals surface area contributed by atoms with Crippen LogP contribution in [0.15, 0.2) is 58.9 Å². The number of halogens is 1. The van der Waals surface area contributed by atoms with Crippen molar-refractivity contribution in [3.8, 4) is 0 Å². The first-order valence-electron chi connectivity index (χ1n) is 8.50. The lowest BCUT2D eigenvalue weighted by Gasteiger charge is -2.12. The summed E-state index contributed by atoms with van der Waals surface area (Å²) in [4.78, 5) is 0. The molecule has 26 heavy (non-hydrogen) atoms. The van der Waals surface area contributed by atoms with E-state index in [1.165, 1.54) is 17.7 Å². The number of nitrogens with one attached hydrogen (secondary N) is 2. The summed E-state index contributed by atoms with van der Waals surface area (Å²) in [5, 5.41) is 16.0. The topological polar surface area (TPSA) is 49.8 Å². The van der Waals surface area contributed by atoms with E-state index in [9.17, 15) is 4.39 Å². The van der Waals surface area contributed by atoms with Gasteiger partial charge in [0.15, 0.2) is 4.34 Å². The van der Waals surface area contributed by atoms with Crippen LogP contribution in [0.3, 0.4) is 0 Å². The summed E-state index contributed by atoms with van der Waals surface area (Å²) in [5.41, 5.74) is 2.07. The van der Waals surface area contributed by atoms with Crippen LogP contribution in [0.2, 0.25) is 0 Å². The van der Waals surface area contributed by atoms with Crippen LogP contribution in [0.4, 0.5) is 15.2 Å². The van der Waals surface area contributed by atoms with Crippen LogP contribution in [-0.2, 0) is 6.42 Å². The molecule has 136 valence electrons. The molecule has 1 heterocycles. The Hall–Kier alpha value is -2.12. The monoisotopic (exact) mass is 388 g/mol. The molecule has 0 amide bonds. The molecule has 3 aromatic rings. The first-order valence-corrected chi connectivity index (χ1v) is 10.2. The quantitative estimate of drug-likeness (QED) is 0.386. The van der Waals surface area contributed by atoms with Crippen molar-refractivity contribution in [2.75, 3.05) is 17.3 Å². The maximum absolute atomic E-state index is 13.1. The van der Waals surface area contributed by atoms with Gasteiger partial charge in [-0.3, -0.25) is 0 Å². The van der Waals surface area contributed by atoms with Gasteiger partial charge in [-0.2, -0.15) is 0 Å². The summed E-state index contributed by atoms with van der Waals surface area (Å²) in [5.74, 6) is -0.256. The molecule has 7 heteroatoms. The maximum Gasteiger partial charge on any atom is 0.207 e. The smallest absolute Gasteiger partial charge is 0.207 e. The van der Waals surface area contributed by atoms with Gasteiger partial charge in [0, 0.05) is 10.9 Å². The van der Waals surface area contributed by atoms with E-state index in [0.717, 1.165) is 28.0 Å². The number of nitrogens with zero attached hydrogens (tertiary/aromatic N) is 2. The van der Waals surface area contributed by atoms with Gasteiger partial charge in [0.05, 0.1) is 6.67 Å². The zero-order chi connectivity index (χ0) is 18.2. The van der Waals surface area contributed by atoms with Crippen molar-refractivity contribution in [2.45, 2.75) is 29.4 Å². The Balaban J connectivity index is 1.49. The van der Waals surface area contributed by atoms with E-state index >= 15 is 0 Å². The summed E-state index contributed by atoms with van der Waals surface area (Å²) >= 11 is 3.31. The maximum atomic E-state index is 13.1. The van der Waals surface area contributed by atoms with Crippen molar-refractivity contribution in [3.05, 3.63) is 66.0 Å². The number of hydrogen-bond donors (Lipinski definition) is 2. The third kappa shape index (κ3) is 5.71. The van der Waals surface area contributed by atoms with E-state index in [1.54, 1.807) is 29.2 Å². The van der Waals surface area contributed by atoms with Crippen molar-refractivity contribution >= 4 is 33.9 Å². The molecule has 1 atom stereocenters.